The molecule has 5 heteroatoms. The summed E-state index contributed by atoms with van der Waals surface area (Å²) in [5.41, 5.74) is 1.98. The summed E-state index contributed by atoms with van der Waals surface area (Å²) in [6, 6.07) is 11.4. The molecule has 0 aliphatic carbocycles. The van der Waals surface area contributed by atoms with E-state index in [4.69, 9.17) is 27.9 Å². The van der Waals surface area contributed by atoms with Gasteiger partial charge in [-0.15, -0.1) is 0 Å². The summed E-state index contributed by atoms with van der Waals surface area (Å²) in [5, 5.41) is 4.77. The van der Waals surface area contributed by atoms with Crippen LogP contribution in [0.15, 0.2) is 40.9 Å². The molecule has 0 aliphatic rings. The van der Waals surface area contributed by atoms with Gasteiger partial charge in [-0.25, -0.2) is 0 Å². The Bertz CT molecular complexity index is 604. The van der Waals surface area contributed by atoms with Gasteiger partial charge < -0.3 is 10.1 Å². The molecular weight excluding hydrogens is 361 g/mol. The molecule has 2 nitrogen and oxygen atoms in total. The normalized spacial score (nSPS) is 10.6. The maximum absolute atomic E-state index is 6.19. The zero-order valence-corrected chi connectivity index (χ0v) is 14.0. The van der Waals surface area contributed by atoms with Crippen molar-refractivity contribution in [3.8, 4) is 5.75 Å². The number of halogens is 3. The van der Waals surface area contributed by atoms with E-state index >= 15 is 0 Å². The molecule has 0 heterocycles. The summed E-state index contributed by atoms with van der Waals surface area (Å²) < 4.78 is 6.32. The van der Waals surface area contributed by atoms with Crippen molar-refractivity contribution in [1.29, 1.82) is 0 Å². The third-order valence-electron chi connectivity index (χ3n) is 2.92. The molecule has 0 spiro atoms. The molecule has 106 valence electrons. The minimum Gasteiger partial charge on any atom is -0.496 e. The highest BCUT2D eigenvalue weighted by Crippen LogP contribution is 2.26. The molecule has 2 rings (SSSR count). The van der Waals surface area contributed by atoms with Crippen molar-refractivity contribution in [2.24, 2.45) is 0 Å². The Hall–Kier alpha value is -0.740. The minimum atomic E-state index is 0.617. The second-order valence-electron chi connectivity index (χ2n) is 4.26. The maximum Gasteiger partial charge on any atom is 0.124 e. The van der Waals surface area contributed by atoms with Crippen molar-refractivity contribution >= 4 is 39.1 Å². The predicted octanol–water partition coefficient (Wildman–Crippen LogP) is 5.05. The Morgan fingerprint density at radius 2 is 1.90 bits per heavy atom. The fourth-order valence-corrected chi connectivity index (χ4v) is 2.73. The molecule has 0 atom stereocenters. The Morgan fingerprint density at radius 3 is 2.65 bits per heavy atom. The zero-order chi connectivity index (χ0) is 14.5. The summed E-state index contributed by atoms with van der Waals surface area (Å²) in [4.78, 5) is 0. The van der Waals surface area contributed by atoms with E-state index < -0.39 is 0 Å². The van der Waals surface area contributed by atoms with E-state index in [0.29, 0.717) is 18.1 Å². The van der Waals surface area contributed by atoms with Gasteiger partial charge in [0.2, 0.25) is 0 Å². The SMILES string of the molecule is COc1cccc(Cl)c1CNCc1cc(Br)ccc1Cl. The van der Waals surface area contributed by atoms with Gasteiger partial charge >= 0.3 is 0 Å². The Balaban J connectivity index is 2.05. The third-order valence-corrected chi connectivity index (χ3v) is 4.14. The van der Waals surface area contributed by atoms with Crippen molar-refractivity contribution in [2.75, 3.05) is 7.11 Å². The quantitative estimate of drug-likeness (QED) is 0.790. The monoisotopic (exact) mass is 373 g/mol. The highest BCUT2D eigenvalue weighted by atomic mass is 79.9. The lowest BCUT2D eigenvalue weighted by Crippen LogP contribution is -2.14. The van der Waals surface area contributed by atoms with Crippen molar-refractivity contribution in [3.63, 3.8) is 0 Å². The number of hydrogen-bond donors (Lipinski definition) is 1. The Morgan fingerprint density at radius 1 is 1.10 bits per heavy atom. The lowest BCUT2D eigenvalue weighted by molar-refractivity contribution is 0.407. The molecule has 0 radical (unpaired) electrons. The van der Waals surface area contributed by atoms with Crippen molar-refractivity contribution < 1.29 is 4.74 Å². The van der Waals surface area contributed by atoms with E-state index in [1.807, 2.05) is 36.4 Å². The predicted molar refractivity (Wildman–Crippen MR) is 87.7 cm³/mol. The van der Waals surface area contributed by atoms with Crippen LogP contribution in [-0.4, -0.2) is 7.11 Å². The molecule has 0 saturated carbocycles. The van der Waals surface area contributed by atoms with Gasteiger partial charge in [-0.05, 0) is 35.9 Å². The lowest BCUT2D eigenvalue weighted by atomic mass is 10.2. The van der Waals surface area contributed by atoms with Crippen LogP contribution in [0.5, 0.6) is 5.75 Å². The molecule has 0 aromatic heterocycles. The zero-order valence-electron chi connectivity index (χ0n) is 10.9. The first-order chi connectivity index (χ1) is 9.61. The number of hydrogen-bond acceptors (Lipinski definition) is 2. The molecule has 0 fully saturated rings. The Kier molecular flexibility index (Phi) is 5.73. The van der Waals surface area contributed by atoms with Crippen LogP contribution in [0, 0.1) is 0 Å². The first-order valence-corrected chi connectivity index (χ1v) is 7.62. The van der Waals surface area contributed by atoms with E-state index in [1.54, 1.807) is 7.11 Å². The van der Waals surface area contributed by atoms with Gasteiger partial charge in [0.1, 0.15) is 5.75 Å². The van der Waals surface area contributed by atoms with E-state index in [1.165, 1.54) is 0 Å². The standard InChI is InChI=1S/C15H14BrCl2NO/c1-20-15-4-2-3-14(18)12(15)9-19-8-10-7-11(16)5-6-13(10)17/h2-7,19H,8-9H2,1H3. The van der Waals surface area contributed by atoms with E-state index in [0.717, 1.165) is 26.4 Å². The highest BCUT2D eigenvalue weighted by Gasteiger charge is 2.07. The second kappa shape index (κ2) is 7.32. The first kappa shape index (κ1) is 15.6. The number of benzene rings is 2. The summed E-state index contributed by atoms with van der Waals surface area (Å²) in [6.07, 6.45) is 0. The van der Waals surface area contributed by atoms with E-state index in [2.05, 4.69) is 21.2 Å². The molecule has 1 N–H and O–H groups in total. The molecule has 2 aromatic rings. The number of rotatable bonds is 5. The average Bonchev–Trinajstić information content (AvgIpc) is 2.44. The van der Waals surface area contributed by atoms with Crippen molar-refractivity contribution in [3.05, 3.63) is 62.0 Å². The van der Waals surface area contributed by atoms with Crippen LogP contribution in [0.2, 0.25) is 10.0 Å². The van der Waals surface area contributed by atoms with Gasteiger partial charge in [0.15, 0.2) is 0 Å². The largest absolute Gasteiger partial charge is 0.496 e. The number of methoxy groups -OCH3 is 1. The topological polar surface area (TPSA) is 21.3 Å². The van der Waals surface area contributed by atoms with Gasteiger partial charge in [-0.1, -0.05) is 45.2 Å². The van der Waals surface area contributed by atoms with Gasteiger partial charge in [-0.2, -0.15) is 0 Å². The molecule has 0 bridgehead atoms. The molecule has 0 saturated heterocycles. The molecule has 0 amide bonds. The molecule has 20 heavy (non-hydrogen) atoms. The van der Waals surface area contributed by atoms with Crippen LogP contribution in [-0.2, 0) is 13.1 Å². The summed E-state index contributed by atoms with van der Waals surface area (Å²) in [7, 11) is 1.64. The van der Waals surface area contributed by atoms with Gasteiger partial charge in [0.25, 0.3) is 0 Å². The van der Waals surface area contributed by atoms with Crippen LogP contribution < -0.4 is 10.1 Å². The first-order valence-electron chi connectivity index (χ1n) is 6.08. The van der Waals surface area contributed by atoms with Crippen LogP contribution in [0.1, 0.15) is 11.1 Å². The molecule has 0 aliphatic heterocycles. The molecule has 0 unspecified atom stereocenters. The van der Waals surface area contributed by atoms with Crippen LogP contribution in [0.25, 0.3) is 0 Å². The van der Waals surface area contributed by atoms with E-state index in [9.17, 15) is 0 Å². The lowest BCUT2D eigenvalue weighted by Gasteiger charge is -2.12. The molecule has 2 aromatic carbocycles. The van der Waals surface area contributed by atoms with Gasteiger partial charge in [0.05, 0.1) is 7.11 Å². The summed E-state index contributed by atoms with van der Waals surface area (Å²) in [6.45, 7) is 1.28. The fourth-order valence-electron chi connectivity index (χ4n) is 1.90. The maximum atomic E-state index is 6.19. The second-order valence-corrected chi connectivity index (χ2v) is 5.99. The van der Waals surface area contributed by atoms with Crippen LogP contribution in [0.4, 0.5) is 0 Å². The third kappa shape index (κ3) is 3.89. The summed E-state index contributed by atoms with van der Waals surface area (Å²) in [5.74, 6) is 0.783. The van der Waals surface area contributed by atoms with Gasteiger partial charge in [-0.3, -0.25) is 0 Å². The summed E-state index contributed by atoms with van der Waals surface area (Å²) >= 11 is 15.8. The number of nitrogens with one attached hydrogen (secondary N) is 1. The van der Waals surface area contributed by atoms with Gasteiger partial charge in [0, 0.05) is 33.2 Å². The van der Waals surface area contributed by atoms with E-state index in [-0.39, 0.29) is 0 Å². The van der Waals surface area contributed by atoms with Crippen LogP contribution >= 0.6 is 39.1 Å². The van der Waals surface area contributed by atoms with Crippen molar-refractivity contribution in [2.45, 2.75) is 13.1 Å². The average molecular weight is 375 g/mol. The minimum absolute atomic E-state index is 0.617. The smallest absolute Gasteiger partial charge is 0.124 e. The van der Waals surface area contributed by atoms with Crippen LogP contribution in [0.3, 0.4) is 0 Å². The van der Waals surface area contributed by atoms with Crippen molar-refractivity contribution in [1.82, 2.24) is 5.32 Å². The fraction of sp³-hybridized carbons (Fsp3) is 0.200. The highest BCUT2D eigenvalue weighted by molar-refractivity contribution is 9.10. The Labute approximate surface area is 137 Å². The number of ether oxygens (including phenoxy) is 1. The molecular formula is C15H14BrCl2NO.